The van der Waals surface area contributed by atoms with Crippen molar-refractivity contribution in [1.82, 2.24) is 5.32 Å². The first-order chi connectivity index (χ1) is 7.99. The number of rotatable bonds is 7. The minimum atomic E-state index is -0.726. The van der Waals surface area contributed by atoms with Crippen molar-refractivity contribution in [2.75, 3.05) is 6.54 Å². The zero-order chi connectivity index (χ0) is 12.8. The molecule has 96 valence electrons. The molecule has 0 saturated carbocycles. The highest BCUT2D eigenvalue weighted by Gasteiger charge is 2.18. The second-order valence-corrected chi connectivity index (χ2v) is 5.96. The van der Waals surface area contributed by atoms with E-state index in [1.165, 1.54) is 0 Å². The maximum absolute atomic E-state index is 11.0. The number of aliphatic carboxylic acids is 1. The Balaban J connectivity index is 2.34. The zero-order valence-electron chi connectivity index (χ0n) is 10.1. The average Bonchev–Trinajstić information content (AvgIpc) is 2.62. The molecule has 0 aliphatic rings. The van der Waals surface area contributed by atoms with E-state index in [1.54, 1.807) is 11.3 Å². The maximum atomic E-state index is 11.0. The summed E-state index contributed by atoms with van der Waals surface area (Å²) in [5, 5.41) is 14.9. The zero-order valence-corrected chi connectivity index (χ0v) is 11.6. The third kappa shape index (κ3) is 5.52. The Morgan fingerprint density at radius 2 is 2.29 bits per heavy atom. The van der Waals surface area contributed by atoms with E-state index >= 15 is 0 Å². The van der Waals surface area contributed by atoms with Crippen LogP contribution in [0.15, 0.2) is 11.4 Å². The van der Waals surface area contributed by atoms with Gasteiger partial charge in [-0.1, -0.05) is 25.4 Å². The van der Waals surface area contributed by atoms with Gasteiger partial charge in [-0.25, -0.2) is 0 Å². The smallest absolute Gasteiger partial charge is 0.307 e. The maximum Gasteiger partial charge on any atom is 0.307 e. The van der Waals surface area contributed by atoms with Crippen LogP contribution in [-0.4, -0.2) is 17.6 Å². The summed E-state index contributed by atoms with van der Waals surface area (Å²) in [5.74, 6) is -0.644. The number of carbonyl (C=O) groups is 1. The number of thiophene rings is 1. The highest BCUT2D eigenvalue weighted by molar-refractivity contribution is 7.10. The fourth-order valence-corrected chi connectivity index (χ4v) is 2.70. The van der Waals surface area contributed by atoms with Crippen LogP contribution in [0.1, 0.15) is 25.1 Å². The van der Waals surface area contributed by atoms with Crippen LogP contribution in [0.25, 0.3) is 0 Å². The monoisotopic (exact) mass is 275 g/mol. The van der Waals surface area contributed by atoms with Crippen LogP contribution >= 0.6 is 22.9 Å². The van der Waals surface area contributed by atoms with Gasteiger partial charge in [0, 0.05) is 23.3 Å². The molecule has 0 saturated heterocycles. The lowest BCUT2D eigenvalue weighted by Crippen LogP contribution is -2.29. The lowest BCUT2D eigenvalue weighted by molar-refractivity contribution is -0.142. The topological polar surface area (TPSA) is 49.3 Å². The summed E-state index contributed by atoms with van der Waals surface area (Å²) in [6, 6.07) is 1.90. The molecule has 5 heteroatoms. The van der Waals surface area contributed by atoms with E-state index in [9.17, 15) is 4.79 Å². The van der Waals surface area contributed by atoms with Crippen molar-refractivity contribution >= 4 is 28.9 Å². The van der Waals surface area contributed by atoms with Crippen molar-refractivity contribution in [3.63, 3.8) is 0 Å². The molecule has 17 heavy (non-hydrogen) atoms. The summed E-state index contributed by atoms with van der Waals surface area (Å²) in [4.78, 5) is 12.2. The molecule has 2 N–H and O–H groups in total. The molecule has 0 aliphatic carbocycles. The van der Waals surface area contributed by atoms with Gasteiger partial charge in [-0.05, 0) is 18.4 Å². The van der Waals surface area contributed by atoms with Gasteiger partial charge in [0.2, 0.25) is 0 Å². The van der Waals surface area contributed by atoms with Crippen molar-refractivity contribution in [2.24, 2.45) is 11.8 Å². The Morgan fingerprint density at radius 1 is 1.59 bits per heavy atom. The van der Waals surface area contributed by atoms with Gasteiger partial charge in [0.05, 0.1) is 10.9 Å². The number of nitrogens with one attached hydrogen (secondary N) is 1. The van der Waals surface area contributed by atoms with Crippen LogP contribution in [0.4, 0.5) is 0 Å². The molecule has 1 aromatic rings. The molecule has 0 aromatic carbocycles. The molecular formula is C12H18ClNO2S. The first-order valence-electron chi connectivity index (χ1n) is 5.65. The van der Waals surface area contributed by atoms with Gasteiger partial charge in [0.25, 0.3) is 0 Å². The quantitative estimate of drug-likeness (QED) is 0.803. The molecular weight excluding hydrogens is 258 g/mol. The summed E-state index contributed by atoms with van der Waals surface area (Å²) in [6.07, 6.45) is 0.702. The summed E-state index contributed by atoms with van der Waals surface area (Å²) < 4.78 is 0. The molecule has 1 atom stereocenters. The number of carboxylic acids is 1. The van der Waals surface area contributed by atoms with Gasteiger partial charge in [-0.2, -0.15) is 0 Å². The first-order valence-corrected chi connectivity index (χ1v) is 6.91. The Morgan fingerprint density at radius 3 is 2.76 bits per heavy atom. The molecule has 1 heterocycles. The predicted octanol–water partition coefficient (Wildman–Crippen LogP) is 3.24. The van der Waals surface area contributed by atoms with Crippen molar-refractivity contribution in [3.05, 3.63) is 21.3 Å². The van der Waals surface area contributed by atoms with Gasteiger partial charge >= 0.3 is 5.97 Å². The van der Waals surface area contributed by atoms with Crippen molar-refractivity contribution in [2.45, 2.75) is 26.8 Å². The minimum Gasteiger partial charge on any atom is -0.481 e. The third-order valence-electron chi connectivity index (χ3n) is 2.42. The van der Waals surface area contributed by atoms with Gasteiger partial charge in [-0.15, -0.1) is 11.3 Å². The third-order valence-corrected chi connectivity index (χ3v) is 3.70. The lowest BCUT2D eigenvalue weighted by atomic mass is 9.97. The Labute approximate surface area is 111 Å². The molecule has 1 rings (SSSR count). The lowest BCUT2D eigenvalue weighted by Gasteiger charge is -2.14. The second-order valence-electron chi connectivity index (χ2n) is 4.53. The van der Waals surface area contributed by atoms with Crippen LogP contribution < -0.4 is 5.32 Å². The van der Waals surface area contributed by atoms with E-state index in [1.807, 2.05) is 25.3 Å². The van der Waals surface area contributed by atoms with E-state index in [4.69, 9.17) is 16.7 Å². The fourth-order valence-electron chi connectivity index (χ4n) is 1.66. The SMILES string of the molecule is CC(C)CC(CNCc1cc(Cl)cs1)C(=O)O. The molecule has 0 fully saturated rings. The van der Waals surface area contributed by atoms with E-state index in [2.05, 4.69) is 5.32 Å². The fraction of sp³-hybridized carbons (Fsp3) is 0.583. The van der Waals surface area contributed by atoms with Crippen molar-refractivity contribution in [3.8, 4) is 0 Å². The number of hydrogen-bond acceptors (Lipinski definition) is 3. The summed E-state index contributed by atoms with van der Waals surface area (Å²) in [7, 11) is 0. The summed E-state index contributed by atoms with van der Waals surface area (Å²) in [6.45, 7) is 5.26. The van der Waals surface area contributed by atoms with Crippen molar-refractivity contribution < 1.29 is 9.90 Å². The highest BCUT2D eigenvalue weighted by atomic mass is 35.5. The largest absolute Gasteiger partial charge is 0.481 e. The van der Waals surface area contributed by atoms with E-state index in [0.29, 0.717) is 25.4 Å². The average molecular weight is 276 g/mol. The first kappa shape index (κ1) is 14.5. The molecule has 3 nitrogen and oxygen atoms in total. The molecule has 1 unspecified atom stereocenters. The molecule has 0 aliphatic heterocycles. The number of carboxylic acid groups (broad SMARTS) is 1. The van der Waals surface area contributed by atoms with Crippen LogP contribution in [0, 0.1) is 11.8 Å². The number of hydrogen-bond donors (Lipinski definition) is 2. The molecule has 0 radical (unpaired) electrons. The Kier molecular flexibility index (Phi) is 5.95. The van der Waals surface area contributed by atoms with E-state index in [0.717, 1.165) is 9.90 Å². The Bertz CT molecular complexity index is 365. The summed E-state index contributed by atoms with van der Waals surface area (Å²) in [5.41, 5.74) is 0. The van der Waals surface area contributed by atoms with Crippen molar-refractivity contribution in [1.29, 1.82) is 0 Å². The molecule has 0 bridgehead atoms. The highest BCUT2D eigenvalue weighted by Crippen LogP contribution is 2.19. The van der Waals surface area contributed by atoms with E-state index < -0.39 is 5.97 Å². The Hall–Kier alpha value is -0.580. The van der Waals surface area contributed by atoms with E-state index in [-0.39, 0.29) is 5.92 Å². The van der Waals surface area contributed by atoms with Gasteiger partial charge < -0.3 is 10.4 Å². The van der Waals surface area contributed by atoms with Gasteiger partial charge in [0.15, 0.2) is 0 Å². The summed E-state index contributed by atoms with van der Waals surface area (Å²) >= 11 is 7.39. The minimum absolute atomic E-state index is 0.314. The van der Waals surface area contributed by atoms with Gasteiger partial charge in [-0.3, -0.25) is 4.79 Å². The molecule has 0 amide bonds. The van der Waals surface area contributed by atoms with Crippen LogP contribution in [0.5, 0.6) is 0 Å². The standard InChI is InChI=1S/C12H18ClNO2S/c1-8(2)3-9(12(15)16)5-14-6-11-4-10(13)7-17-11/h4,7-9,14H,3,5-6H2,1-2H3,(H,15,16). The second kappa shape index (κ2) is 6.99. The van der Waals surface area contributed by atoms with Crippen LogP contribution in [-0.2, 0) is 11.3 Å². The van der Waals surface area contributed by atoms with Gasteiger partial charge in [0.1, 0.15) is 0 Å². The molecule has 0 spiro atoms. The van der Waals surface area contributed by atoms with Crippen LogP contribution in [0.2, 0.25) is 5.02 Å². The van der Waals surface area contributed by atoms with Crippen LogP contribution in [0.3, 0.4) is 0 Å². The molecule has 1 aromatic heterocycles. The number of halogens is 1. The predicted molar refractivity (Wildman–Crippen MR) is 71.6 cm³/mol. The normalized spacial score (nSPS) is 12.9.